The van der Waals surface area contributed by atoms with Crippen molar-refractivity contribution in [3.8, 4) is 0 Å². The molecule has 1 aromatic heterocycles. The Hall–Kier alpha value is -1.26. The normalized spacial score (nSPS) is 27.3. The number of ether oxygens (including phenoxy) is 2. The van der Waals surface area contributed by atoms with E-state index in [0.29, 0.717) is 11.9 Å². The van der Waals surface area contributed by atoms with Crippen molar-refractivity contribution in [1.82, 2.24) is 25.6 Å². The van der Waals surface area contributed by atoms with Crippen LogP contribution >= 0.6 is 11.6 Å². The summed E-state index contributed by atoms with van der Waals surface area (Å²) in [5.41, 5.74) is -0.701. The standard InChI is InChI=1S/C29H54ClN7O2/c1-13-21(38-11)31-19-15-17-36(28(7,8)26(19,3)4)24-33-23(30)34-25(35-24)37-18-16-20(32-22(14-2)39-12)27(5,6)29(37,9)10/h19-22,31-32H,13-18H2,1-12H3. The van der Waals surface area contributed by atoms with E-state index in [4.69, 9.17) is 26.1 Å². The first-order chi connectivity index (χ1) is 18.1. The van der Waals surface area contributed by atoms with Crippen molar-refractivity contribution in [2.45, 2.75) is 131 Å². The van der Waals surface area contributed by atoms with Gasteiger partial charge in [0, 0.05) is 61.3 Å². The highest BCUT2D eigenvalue weighted by molar-refractivity contribution is 6.28. The van der Waals surface area contributed by atoms with Gasteiger partial charge in [0.15, 0.2) is 0 Å². The van der Waals surface area contributed by atoms with Crippen molar-refractivity contribution >= 4 is 23.5 Å². The van der Waals surface area contributed by atoms with Gasteiger partial charge >= 0.3 is 0 Å². The van der Waals surface area contributed by atoms with Crippen LogP contribution < -0.4 is 20.4 Å². The fourth-order valence-corrected chi connectivity index (χ4v) is 6.50. The third kappa shape index (κ3) is 5.89. The number of nitrogens with zero attached hydrogens (tertiary/aromatic N) is 5. The van der Waals surface area contributed by atoms with Gasteiger partial charge in [-0.25, -0.2) is 0 Å². The largest absolute Gasteiger partial charge is 0.367 e. The molecule has 2 N–H and O–H groups in total. The van der Waals surface area contributed by atoms with Gasteiger partial charge in [-0.05, 0) is 65.0 Å². The van der Waals surface area contributed by atoms with Crippen LogP contribution in [0, 0.1) is 10.8 Å². The Labute approximate surface area is 242 Å². The fourth-order valence-electron chi connectivity index (χ4n) is 6.35. The molecule has 10 heteroatoms. The molecular weight excluding hydrogens is 514 g/mol. The molecule has 0 radical (unpaired) electrons. The molecule has 4 atom stereocenters. The number of methoxy groups -OCH3 is 2. The van der Waals surface area contributed by atoms with Crippen molar-refractivity contribution in [1.29, 1.82) is 0 Å². The van der Waals surface area contributed by atoms with Crippen LogP contribution in [0.15, 0.2) is 0 Å². The minimum atomic E-state index is -0.252. The topological polar surface area (TPSA) is 87.7 Å². The molecule has 3 rings (SSSR count). The van der Waals surface area contributed by atoms with E-state index < -0.39 is 0 Å². The molecule has 0 saturated carbocycles. The number of halogens is 1. The third-order valence-corrected chi connectivity index (χ3v) is 10.8. The smallest absolute Gasteiger partial charge is 0.231 e. The van der Waals surface area contributed by atoms with E-state index in [-0.39, 0.29) is 51.7 Å². The Balaban J connectivity index is 1.92. The average molecular weight is 568 g/mol. The monoisotopic (exact) mass is 567 g/mol. The van der Waals surface area contributed by atoms with E-state index >= 15 is 0 Å². The van der Waals surface area contributed by atoms with Crippen LogP contribution in [0.25, 0.3) is 0 Å². The zero-order valence-electron chi connectivity index (χ0n) is 26.5. The SMILES string of the molecule is CCC(NC1CCN(c2nc(Cl)nc(N3CCC(NC(CC)OC)C(C)(C)C3(C)C)n2)C(C)(C)C1(C)C)OC. The highest BCUT2D eigenvalue weighted by atomic mass is 35.5. The minimum Gasteiger partial charge on any atom is -0.367 e. The lowest BCUT2D eigenvalue weighted by Gasteiger charge is -2.58. The van der Waals surface area contributed by atoms with Gasteiger partial charge in [0.25, 0.3) is 0 Å². The highest BCUT2D eigenvalue weighted by Crippen LogP contribution is 2.47. The number of aromatic nitrogens is 3. The van der Waals surface area contributed by atoms with E-state index in [9.17, 15) is 0 Å². The summed E-state index contributed by atoms with van der Waals surface area (Å²) < 4.78 is 11.3. The molecule has 1 aromatic rings. The van der Waals surface area contributed by atoms with E-state index in [2.05, 4.69) is 99.6 Å². The molecule has 3 heterocycles. The van der Waals surface area contributed by atoms with E-state index in [1.54, 1.807) is 14.2 Å². The summed E-state index contributed by atoms with van der Waals surface area (Å²) in [6, 6.07) is 0.575. The van der Waals surface area contributed by atoms with Crippen molar-refractivity contribution in [2.24, 2.45) is 10.8 Å². The molecule has 2 aliphatic heterocycles. The second-order valence-corrected chi connectivity index (χ2v) is 13.7. The molecule has 0 amide bonds. The van der Waals surface area contributed by atoms with Gasteiger partial charge in [0.2, 0.25) is 17.2 Å². The summed E-state index contributed by atoms with van der Waals surface area (Å²) in [7, 11) is 3.54. The van der Waals surface area contributed by atoms with E-state index in [0.717, 1.165) is 38.8 Å². The maximum atomic E-state index is 6.61. The van der Waals surface area contributed by atoms with Crippen LogP contribution in [-0.4, -0.2) is 77.9 Å². The number of anilines is 2. The first-order valence-corrected chi connectivity index (χ1v) is 15.0. The zero-order chi connectivity index (χ0) is 29.4. The maximum Gasteiger partial charge on any atom is 0.231 e. The molecule has 2 fully saturated rings. The van der Waals surface area contributed by atoms with Crippen LogP contribution in [0.1, 0.15) is 94.9 Å². The lowest BCUT2D eigenvalue weighted by Crippen LogP contribution is -2.68. The molecule has 0 aromatic carbocycles. The number of rotatable bonds is 10. The number of hydrogen-bond acceptors (Lipinski definition) is 9. The summed E-state index contributed by atoms with van der Waals surface area (Å²) in [4.78, 5) is 19.0. The molecule has 0 aliphatic carbocycles. The summed E-state index contributed by atoms with van der Waals surface area (Å²) in [5.74, 6) is 1.28. The predicted molar refractivity (Wildman–Crippen MR) is 161 cm³/mol. The molecule has 9 nitrogen and oxygen atoms in total. The van der Waals surface area contributed by atoms with Gasteiger partial charge < -0.3 is 19.3 Å². The average Bonchev–Trinajstić information content (AvgIpc) is 2.85. The Kier molecular flexibility index (Phi) is 9.86. The molecule has 224 valence electrons. The Bertz CT molecular complexity index is 891. The molecular formula is C29H54ClN7O2. The summed E-state index contributed by atoms with van der Waals surface area (Å²) >= 11 is 6.61. The van der Waals surface area contributed by atoms with E-state index in [1.165, 1.54) is 0 Å². The minimum absolute atomic E-state index is 0.0364. The van der Waals surface area contributed by atoms with Crippen LogP contribution in [0.3, 0.4) is 0 Å². The predicted octanol–water partition coefficient (Wildman–Crippen LogP) is 5.24. The van der Waals surface area contributed by atoms with Gasteiger partial charge in [0.05, 0.1) is 0 Å². The van der Waals surface area contributed by atoms with Crippen molar-refractivity contribution in [3.05, 3.63) is 5.28 Å². The van der Waals surface area contributed by atoms with Gasteiger partial charge in [-0.15, -0.1) is 0 Å². The van der Waals surface area contributed by atoms with Gasteiger partial charge in [-0.2, -0.15) is 15.0 Å². The molecule has 0 spiro atoms. The van der Waals surface area contributed by atoms with Gasteiger partial charge in [0.1, 0.15) is 12.5 Å². The Morgan fingerprint density at radius 2 is 1.10 bits per heavy atom. The van der Waals surface area contributed by atoms with Crippen LogP contribution in [-0.2, 0) is 9.47 Å². The molecule has 4 unspecified atom stereocenters. The summed E-state index contributed by atoms with van der Waals surface area (Å²) in [5, 5.41) is 7.71. The molecule has 39 heavy (non-hydrogen) atoms. The highest BCUT2D eigenvalue weighted by Gasteiger charge is 2.53. The van der Waals surface area contributed by atoms with Crippen molar-refractivity contribution < 1.29 is 9.47 Å². The zero-order valence-corrected chi connectivity index (χ0v) is 27.2. The van der Waals surface area contributed by atoms with Crippen LogP contribution in [0.2, 0.25) is 5.28 Å². The molecule has 2 saturated heterocycles. The second kappa shape index (κ2) is 11.9. The van der Waals surface area contributed by atoms with Crippen molar-refractivity contribution in [2.75, 3.05) is 37.1 Å². The quantitative estimate of drug-likeness (QED) is 0.369. The number of piperidine rings is 2. The molecule has 2 aliphatic rings. The van der Waals surface area contributed by atoms with Gasteiger partial charge in [-0.1, -0.05) is 41.5 Å². The first-order valence-electron chi connectivity index (χ1n) is 14.6. The fraction of sp³-hybridized carbons (Fsp3) is 0.897. The second-order valence-electron chi connectivity index (χ2n) is 13.4. The van der Waals surface area contributed by atoms with Crippen LogP contribution in [0.5, 0.6) is 0 Å². The van der Waals surface area contributed by atoms with Crippen LogP contribution in [0.4, 0.5) is 11.9 Å². The Morgan fingerprint density at radius 3 is 1.41 bits per heavy atom. The van der Waals surface area contributed by atoms with Crippen molar-refractivity contribution in [3.63, 3.8) is 0 Å². The lowest BCUT2D eigenvalue weighted by atomic mass is 9.64. The number of hydrogen-bond donors (Lipinski definition) is 2. The summed E-state index contributed by atoms with van der Waals surface area (Å²) in [6.45, 7) is 24.3. The number of nitrogens with one attached hydrogen (secondary N) is 2. The van der Waals surface area contributed by atoms with E-state index in [1.807, 2.05) is 0 Å². The summed E-state index contributed by atoms with van der Waals surface area (Å²) in [6.07, 6.45) is 3.81. The Morgan fingerprint density at radius 1 is 0.744 bits per heavy atom. The lowest BCUT2D eigenvalue weighted by molar-refractivity contribution is 0.00978. The molecule has 0 bridgehead atoms. The van der Waals surface area contributed by atoms with Gasteiger partial charge in [-0.3, -0.25) is 10.6 Å². The first kappa shape index (κ1) is 32.3. The maximum absolute atomic E-state index is 6.61. The third-order valence-electron chi connectivity index (χ3n) is 10.7.